The number of hydrogen-bond donors (Lipinski definition) is 1. The Hall–Kier alpha value is -2.35. The van der Waals surface area contributed by atoms with E-state index in [2.05, 4.69) is 40.3 Å². The summed E-state index contributed by atoms with van der Waals surface area (Å²) in [6, 6.07) is 19.8. The zero-order valence-electron chi connectivity index (χ0n) is 12.5. The van der Waals surface area contributed by atoms with Crippen molar-refractivity contribution >= 4 is 0 Å². The lowest BCUT2D eigenvalue weighted by atomic mass is 9.92. The minimum Gasteiger partial charge on any atom is -0.338 e. The van der Waals surface area contributed by atoms with Crippen LogP contribution in [0.5, 0.6) is 0 Å². The van der Waals surface area contributed by atoms with E-state index < -0.39 is 0 Å². The number of rotatable bonds is 3. The molecule has 1 heterocycles. The quantitative estimate of drug-likeness (QED) is 0.704. The number of H-pyrrole nitrogens is 1. The van der Waals surface area contributed by atoms with E-state index in [1.165, 1.54) is 36.8 Å². The maximum atomic E-state index is 4.56. The van der Waals surface area contributed by atoms with Crippen molar-refractivity contribution in [2.75, 3.05) is 0 Å². The molecule has 4 rings (SSSR count). The van der Waals surface area contributed by atoms with Crippen LogP contribution in [-0.4, -0.2) is 9.97 Å². The number of imidazole rings is 1. The van der Waals surface area contributed by atoms with Crippen LogP contribution in [0, 0.1) is 6.07 Å². The van der Waals surface area contributed by atoms with Gasteiger partial charge < -0.3 is 4.98 Å². The van der Waals surface area contributed by atoms with Crippen molar-refractivity contribution in [3.05, 3.63) is 66.4 Å². The fraction of sp³-hybridized carbons (Fsp3) is 0.250. The molecule has 0 amide bonds. The number of nitrogens with zero attached hydrogens (tertiary/aromatic N) is 1. The van der Waals surface area contributed by atoms with Gasteiger partial charge in [0.2, 0.25) is 0 Å². The van der Waals surface area contributed by atoms with Crippen molar-refractivity contribution in [3.8, 4) is 22.6 Å². The summed E-state index contributed by atoms with van der Waals surface area (Å²) in [5.74, 6) is 1.62. The second-order valence-corrected chi connectivity index (χ2v) is 6.01. The third-order valence-electron chi connectivity index (χ3n) is 4.61. The van der Waals surface area contributed by atoms with E-state index in [1.54, 1.807) is 0 Å². The van der Waals surface area contributed by atoms with Crippen LogP contribution in [0.1, 0.15) is 37.2 Å². The molecule has 22 heavy (non-hydrogen) atoms. The second-order valence-electron chi connectivity index (χ2n) is 6.01. The van der Waals surface area contributed by atoms with Crippen LogP contribution in [0.15, 0.2) is 54.7 Å². The molecule has 0 spiro atoms. The fourth-order valence-corrected chi connectivity index (χ4v) is 3.47. The van der Waals surface area contributed by atoms with E-state index in [-0.39, 0.29) is 0 Å². The molecule has 109 valence electrons. The third kappa shape index (κ3) is 2.45. The predicted molar refractivity (Wildman–Crippen MR) is 89.5 cm³/mol. The molecule has 1 aliphatic carbocycles. The van der Waals surface area contributed by atoms with Crippen molar-refractivity contribution in [2.24, 2.45) is 0 Å². The Kier molecular flexibility index (Phi) is 3.51. The van der Waals surface area contributed by atoms with Gasteiger partial charge in [-0.15, -0.1) is 0 Å². The summed E-state index contributed by atoms with van der Waals surface area (Å²) in [5, 5.41) is 0. The van der Waals surface area contributed by atoms with Gasteiger partial charge in [0, 0.05) is 11.1 Å². The highest BCUT2D eigenvalue weighted by atomic mass is 14.9. The molecule has 0 unspecified atom stereocenters. The minimum absolute atomic E-state index is 0.688. The summed E-state index contributed by atoms with van der Waals surface area (Å²) in [4.78, 5) is 8.04. The molecule has 1 radical (unpaired) electrons. The second kappa shape index (κ2) is 5.80. The Morgan fingerprint density at radius 3 is 2.68 bits per heavy atom. The molecular formula is C20H19N2. The molecule has 1 fully saturated rings. The highest BCUT2D eigenvalue weighted by Gasteiger charge is 2.20. The molecule has 3 aromatic rings. The van der Waals surface area contributed by atoms with E-state index in [9.17, 15) is 0 Å². The predicted octanol–water partition coefficient (Wildman–Crippen LogP) is 5.20. The first-order valence-electron chi connectivity index (χ1n) is 8.02. The summed E-state index contributed by atoms with van der Waals surface area (Å²) in [7, 11) is 0. The van der Waals surface area contributed by atoms with E-state index in [4.69, 9.17) is 0 Å². The molecular weight excluding hydrogens is 268 g/mol. The Labute approximate surface area is 131 Å². The maximum Gasteiger partial charge on any atom is 0.137 e. The standard InChI is InChI=1S/C20H19N2/c1-2-10-16(11-3-1)20-21-14-19(22-20)18-13-7-6-12-17(18)15-8-4-5-9-15/h1-3,6,10-15H,4-5,8-9H2,(H,21,22). The van der Waals surface area contributed by atoms with Crippen molar-refractivity contribution in [1.29, 1.82) is 0 Å². The summed E-state index contributed by atoms with van der Waals surface area (Å²) >= 11 is 0. The zero-order chi connectivity index (χ0) is 14.8. The van der Waals surface area contributed by atoms with Crippen LogP contribution in [0.3, 0.4) is 0 Å². The smallest absolute Gasteiger partial charge is 0.137 e. The lowest BCUT2D eigenvalue weighted by Gasteiger charge is -2.14. The monoisotopic (exact) mass is 287 g/mol. The lowest BCUT2D eigenvalue weighted by molar-refractivity contribution is 0.724. The number of benzene rings is 2. The van der Waals surface area contributed by atoms with Gasteiger partial charge in [0.15, 0.2) is 0 Å². The van der Waals surface area contributed by atoms with Crippen molar-refractivity contribution in [2.45, 2.75) is 31.6 Å². The number of nitrogens with one attached hydrogen (secondary N) is 1. The van der Waals surface area contributed by atoms with Gasteiger partial charge in [-0.2, -0.15) is 0 Å². The van der Waals surface area contributed by atoms with Gasteiger partial charge in [-0.1, -0.05) is 55.3 Å². The van der Waals surface area contributed by atoms with E-state index in [1.807, 2.05) is 30.5 Å². The van der Waals surface area contributed by atoms with Crippen LogP contribution in [0.4, 0.5) is 0 Å². The largest absolute Gasteiger partial charge is 0.338 e. The van der Waals surface area contributed by atoms with Gasteiger partial charge in [0.1, 0.15) is 5.82 Å². The van der Waals surface area contributed by atoms with Crippen LogP contribution in [0.2, 0.25) is 0 Å². The SMILES string of the molecule is [c]1ccc(C2CCCC2)c(-c2cnc(-c3ccccc3)[nH]2)c1. The summed E-state index contributed by atoms with van der Waals surface area (Å²) in [5.41, 5.74) is 4.91. The van der Waals surface area contributed by atoms with Crippen LogP contribution >= 0.6 is 0 Å². The number of hydrogen-bond acceptors (Lipinski definition) is 1. The maximum absolute atomic E-state index is 4.56. The van der Waals surface area contributed by atoms with Crippen molar-refractivity contribution in [1.82, 2.24) is 9.97 Å². The Morgan fingerprint density at radius 2 is 1.86 bits per heavy atom. The summed E-state index contributed by atoms with van der Waals surface area (Å²) in [6.45, 7) is 0. The van der Waals surface area contributed by atoms with Crippen LogP contribution in [0.25, 0.3) is 22.6 Å². The Bertz CT molecular complexity index is 752. The van der Waals surface area contributed by atoms with Gasteiger partial charge in [0.05, 0.1) is 11.9 Å². The van der Waals surface area contributed by atoms with Crippen molar-refractivity contribution in [3.63, 3.8) is 0 Å². The number of aromatic nitrogens is 2. The average molecular weight is 287 g/mol. The molecule has 0 saturated heterocycles. The third-order valence-corrected chi connectivity index (χ3v) is 4.61. The minimum atomic E-state index is 0.688. The molecule has 1 aliphatic rings. The first-order chi connectivity index (χ1) is 10.9. The van der Waals surface area contributed by atoms with Gasteiger partial charge in [-0.3, -0.25) is 0 Å². The summed E-state index contributed by atoms with van der Waals surface area (Å²) in [6.07, 6.45) is 7.25. The molecule has 0 atom stereocenters. The highest BCUT2D eigenvalue weighted by molar-refractivity contribution is 5.67. The van der Waals surface area contributed by atoms with Crippen molar-refractivity contribution < 1.29 is 0 Å². The van der Waals surface area contributed by atoms with Crippen LogP contribution in [-0.2, 0) is 0 Å². The molecule has 2 heteroatoms. The Balaban J connectivity index is 1.72. The number of aromatic amines is 1. The average Bonchev–Trinajstić information content (AvgIpc) is 3.28. The summed E-state index contributed by atoms with van der Waals surface area (Å²) < 4.78 is 0. The van der Waals surface area contributed by atoms with E-state index in [0.29, 0.717) is 5.92 Å². The molecule has 1 saturated carbocycles. The van der Waals surface area contributed by atoms with Gasteiger partial charge >= 0.3 is 0 Å². The van der Waals surface area contributed by atoms with Crippen LogP contribution < -0.4 is 0 Å². The molecule has 2 aromatic carbocycles. The van der Waals surface area contributed by atoms with Gasteiger partial charge in [0.25, 0.3) is 0 Å². The Morgan fingerprint density at radius 1 is 1.05 bits per heavy atom. The van der Waals surface area contributed by atoms with Gasteiger partial charge in [-0.25, -0.2) is 4.98 Å². The molecule has 1 aromatic heterocycles. The molecule has 0 aliphatic heterocycles. The highest BCUT2D eigenvalue weighted by Crippen LogP contribution is 2.38. The van der Waals surface area contributed by atoms with E-state index in [0.717, 1.165) is 17.1 Å². The van der Waals surface area contributed by atoms with Gasteiger partial charge in [-0.05, 0) is 36.5 Å². The molecule has 0 bridgehead atoms. The normalized spacial score (nSPS) is 15.3. The fourth-order valence-electron chi connectivity index (χ4n) is 3.47. The lowest BCUT2D eigenvalue weighted by Crippen LogP contribution is -1.96. The topological polar surface area (TPSA) is 28.7 Å². The molecule has 1 N–H and O–H groups in total. The van der Waals surface area contributed by atoms with E-state index >= 15 is 0 Å². The first-order valence-corrected chi connectivity index (χ1v) is 8.02. The zero-order valence-corrected chi connectivity index (χ0v) is 12.5. The first kappa shape index (κ1) is 13.3. The molecule has 2 nitrogen and oxygen atoms in total.